The van der Waals surface area contributed by atoms with E-state index in [9.17, 15) is 9.18 Å². The van der Waals surface area contributed by atoms with Gasteiger partial charge in [0, 0.05) is 22.5 Å². The summed E-state index contributed by atoms with van der Waals surface area (Å²) in [6.45, 7) is 10.3. The molecule has 1 aromatic carbocycles. The molecule has 3 atom stereocenters. The Morgan fingerprint density at radius 3 is 2.59 bits per heavy atom. The maximum atomic E-state index is 13.8. The summed E-state index contributed by atoms with van der Waals surface area (Å²) in [5.41, 5.74) is 2.64. The van der Waals surface area contributed by atoms with Crippen molar-refractivity contribution in [1.82, 2.24) is 10.3 Å². The predicted molar refractivity (Wildman–Crippen MR) is 116 cm³/mol. The molecule has 0 aliphatic heterocycles. The molecule has 4 heteroatoms. The molecule has 0 bridgehead atoms. The zero-order valence-electron chi connectivity index (χ0n) is 18.1. The molecule has 0 saturated heterocycles. The molecule has 1 saturated carbocycles. The molecule has 29 heavy (non-hydrogen) atoms. The second-order valence-corrected chi connectivity index (χ2v) is 10.4. The largest absolute Gasteiger partial charge is 0.351 e. The molecule has 4 rings (SSSR count). The fourth-order valence-electron chi connectivity index (χ4n) is 5.08. The van der Waals surface area contributed by atoms with Crippen LogP contribution in [0.2, 0.25) is 0 Å². The molecule has 0 radical (unpaired) electrons. The number of nitrogens with one attached hydrogen (secondary N) is 1. The molecule has 1 amide bonds. The molecule has 1 fully saturated rings. The molecular formula is C25H31FN2O. The Kier molecular flexibility index (Phi) is 4.79. The number of nitrogens with zero attached hydrogens (tertiary/aromatic N) is 1. The lowest BCUT2D eigenvalue weighted by Crippen LogP contribution is -2.49. The average molecular weight is 395 g/mol. The van der Waals surface area contributed by atoms with Gasteiger partial charge in [0.25, 0.3) is 0 Å². The predicted octanol–water partition coefficient (Wildman–Crippen LogP) is 5.74. The summed E-state index contributed by atoms with van der Waals surface area (Å²) in [6, 6.07) is 6.81. The summed E-state index contributed by atoms with van der Waals surface area (Å²) in [5, 5.41) is 4.05. The van der Waals surface area contributed by atoms with Crippen molar-refractivity contribution in [2.24, 2.45) is 23.2 Å². The second-order valence-electron chi connectivity index (χ2n) is 10.4. The number of hydrogen-bond acceptors (Lipinski definition) is 2. The van der Waals surface area contributed by atoms with E-state index in [2.05, 4.69) is 30.2 Å². The second kappa shape index (κ2) is 6.93. The third-order valence-corrected chi connectivity index (χ3v) is 6.79. The maximum absolute atomic E-state index is 13.8. The van der Waals surface area contributed by atoms with Crippen molar-refractivity contribution in [2.75, 3.05) is 0 Å². The summed E-state index contributed by atoms with van der Waals surface area (Å²) >= 11 is 0. The van der Waals surface area contributed by atoms with Crippen LogP contribution in [0.15, 0.2) is 36.5 Å². The first-order chi connectivity index (χ1) is 13.5. The Balaban J connectivity index is 1.55. The van der Waals surface area contributed by atoms with Crippen LogP contribution in [0.1, 0.15) is 59.4 Å². The van der Waals surface area contributed by atoms with Crippen LogP contribution in [0.4, 0.5) is 4.39 Å². The van der Waals surface area contributed by atoms with Crippen LogP contribution in [0.25, 0.3) is 16.5 Å². The van der Waals surface area contributed by atoms with E-state index >= 15 is 0 Å². The Hall–Kier alpha value is -2.23. The lowest BCUT2D eigenvalue weighted by molar-refractivity contribution is -0.133. The minimum absolute atomic E-state index is 0.148. The van der Waals surface area contributed by atoms with Crippen molar-refractivity contribution in [2.45, 2.75) is 59.4 Å². The number of amides is 1. The van der Waals surface area contributed by atoms with Gasteiger partial charge < -0.3 is 5.32 Å². The first-order valence-electron chi connectivity index (χ1n) is 10.6. The van der Waals surface area contributed by atoms with Crippen LogP contribution < -0.4 is 5.32 Å². The van der Waals surface area contributed by atoms with Gasteiger partial charge in [-0.1, -0.05) is 19.9 Å². The number of carbonyl (C=O) groups excluding carboxylic acids is 1. The topological polar surface area (TPSA) is 42.0 Å². The minimum Gasteiger partial charge on any atom is -0.351 e. The van der Waals surface area contributed by atoms with Crippen LogP contribution in [-0.4, -0.2) is 16.4 Å². The Morgan fingerprint density at radius 2 is 1.90 bits per heavy atom. The normalized spacial score (nSPS) is 24.5. The van der Waals surface area contributed by atoms with Crippen LogP contribution in [-0.2, 0) is 4.79 Å². The number of rotatable bonds is 3. The first kappa shape index (κ1) is 20.1. The maximum Gasteiger partial charge on any atom is 0.226 e. The Morgan fingerprint density at radius 1 is 1.14 bits per heavy atom. The van der Waals surface area contributed by atoms with Crippen LogP contribution in [0.3, 0.4) is 0 Å². The quantitative estimate of drug-likeness (QED) is 0.721. The third-order valence-electron chi connectivity index (χ3n) is 6.79. The van der Waals surface area contributed by atoms with Crippen molar-refractivity contribution in [3.63, 3.8) is 0 Å². The van der Waals surface area contributed by atoms with Gasteiger partial charge in [-0.3, -0.25) is 9.78 Å². The van der Waals surface area contributed by atoms with Crippen molar-refractivity contribution in [3.8, 4) is 0 Å². The fraction of sp³-hybridized carbons (Fsp3) is 0.520. The van der Waals surface area contributed by atoms with Crippen LogP contribution >= 0.6 is 0 Å². The van der Waals surface area contributed by atoms with E-state index < -0.39 is 0 Å². The lowest BCUT2D eigenvalue weighted by Gasteiger charge is -2.34. The van der Waals surface area contributed by atoms with E-state index in [1.807, 2.05) is 33.0 Å². The smallest absolute Gasteiger partial charge is 0.226 e. The summed E-state index contributed by atoms with van der Waals surface area (Å²) in [4.78, 5) is 17.3. The van der Waals surface area contributed by atoms with E-state index in [-0.39, 0.29) is 22.7 Å². The van der Waals surface area contributed by atoms with Crippen molar-refractivity contribution in [3.05, 3.63) is 47.9 Å². The molecule has 2 aliphatic carbocycles. The molecule has 1 N–H and O–H groups in total. The summed E-state index contributed by atoms with van der Waals surface area (Å²) < 4.78 is 13.8. The van der Waals surface area contributed by atoms with Crippen LogP contribution in [0.5, 0.6) is 0 Å². The van der Waals surface area contributed by atoms with E-state index in [1.54, 1.807) is 12.1 Å². The summed E-state index contributed by atoms with van der Waals surface area (Å²) in [5.74, 6) is 1.36. The van der Waals surface area contributed by atoms with Gasteiger partial charge in [-0.25, -0.2) is 4.39 Å². The number of halogens is 1. The van der Waals surface area contributed by atoms with E-state index in [0.29, 0.717) is 17.8 Å². The number of aromatic nitrogens is 1. The Bertz CT molecular complexity index is 986. The van der Waals surface area contributed by atoms with Gasteiger partial charge in [0.1, 0.15) is 5.82 Å². The van der Waals surface area contributed by atoms with Crippen molar-refractivity contribution >= 4 is 22.4 Å². The first-order valence-corrected chi connectivity index (χ1v) is 10.6. The highest BCUT2D eigenvalue weighted by atomic mass is 19.1. The molecule has 1 heterocycles. The zero-order valence-corrected chi connectivity index (χ0v) is 18.1. The van der Waals surface area contributed by atoms with Gasteiger partial charge in [-0.15, -0.1) is 0 Å². The van der Waals surface area contributed by atoms with Gasteiger partial charge >= 0.3 is 0 Å². The Labute approximate surface area is 172 Å². The van der Waals surface area contributed by atoms with E-state index in [4.69, 9.17) is 0 Å². The highest BCUT2D eigenvalue weighted by Crippen LogP contribution is 2.53. The van der Waals surface area contributed by atoms with E-state index in [0.717, 1.165) is 35.7 Å². The molecule has 2 aliphatic rings. The number of carbonyl (C=O) groups is 1. The summed E-state index contributed by atoms with van der Waals surface area (Å²) in [6.07, 6.45) is 7.28. The number of benzene rings is 1. The number of fused-ring (bicyclic) bond motifs is 2. The molecule has 0 unspecified atom stereocenters. The van der Waals surface area contributed by atoms with Crippen LogP contribution in [0, 0.1) is 29.0 Å². The fourth-order valence-corrected chi connectivity index (χ4v) is 5.08. The minimum atomic E-state index is -0.377. The number of pyridine rings is 1. The third kappa shape index (κ3) is 3.82. The lowest BCUT2D eigenvalue weighted by atomic mass is 9.75. The van der Waals surface area contributed by atoms with Gasteiger partial charge in [0.05, 0.1) is 5.52 Å². The molecule has 0 spiro atoms. The van der Waals surface area contributed by atoms with Crippen molar-refractivity contribution < 1.29 is 9.18 Å². The highest BCUT2D eigenvalue weighted by molar-refractivity contribution is 5.92. The highest BCUT2D eigenvalue weighted by Gasteiger charge is 2.47. The summed E-state index contributed by atoms with van der Waals surface area (Å²) in [7, 11) is 0. The molecule has 3 nitrogen and oxygen atoms in total. The molecule has 1 aromatic heterocycles. The number of allylic oxidation sites excluding steroid dienone is 2. The zero-order chi connectivity index (χ0) is 21.0. The number of hydrogen-bond donors (Lipinski definition) is 1. The molecule has 2 aromatic rings. The van der Waals surface area contributed by atoms with Gasteiger partial charge in [-0.2, -0.15) is 0 Å². The molecular weight excluding hydrogens is 363 g/mol. The van der Waals surface area contributed by atoms with E-state index in [1.165, 1.54) is 11.6 Å². The van der Waals surface area contributed by atoms with Gasteiger partial charge in [0.2, 0.25) is 5.91 Å². The average Bonchev–Trinajstić information content (AvgIpc) is 3.19. The van der Waals surface area contributed by atoms with Gasteiger partial charge in [0.15, 0.2) is 0 Å². The SMILES string of the molecule is CC(C)(C)NC(=O)C(C)(C)[C@H]1C[C@@H]2CC(c3ccnc4ccc(F)cc34)=C[C@@H]2C1. The van der Waals surface area contributed by atoms with Gasteiger partial charge in [-0.05, 0) is 93.2 Å². The molecule has 154 valence electrons. The standard InChI is InChI=1S/C25H31FN2O/c1-24(2,3)28-23(29)25(4,5)18-12-15-10-17(11-16(15)13-18)20-8-9-27-22-7-6-19(26)14-21(20)22/h6-10,14-16,18H,11-13H2,1-5H3,(H,28,29)/t15-,16+,18-/m1/s1. The van der Waals surface area contributed by atoms with Crippen molar-refractivity contribution in [1.29, 1.82) is 0 Å². The monoisotopic (exact) mass is 394 g/mol.